The second-order valence-electron chi connectivity index (χ2n) is 6.23. The Morgan fingerprint density at radius 1 is 1.14 bits per heavy atom. The van der Waals surface area contributed by atoms with Crippen LogP contribution >= 0.6 is 39.7 Å². The molecule has 1 fully saturated rings. The molecule has 0 aliphatic carbocycles. The molecule has 0 spiro atoms. The van der Waals surface area contributed by atoms with Crippen molar-refractivity contribution in [2.45, 2.75) is 9.96 Å². The normalized spacial score (nSPS) is 14.4. The number of pyridine rings is 1. The molecule has 0 saturated carbocycles. The number of sulfone groups is 1. The van der Waals surface area contributed by atoms with Crippen molar-refractivity contribution >= 4 is 84.3 Å². The van der Waals surface area contributed by atoms with Gasteiger partial charge < -0.3 is 10.2 Å². The van der Waals surface area contributed by atoms with Crippen molar-refractivity contribution in [1.29, 1.82) is 0 Å². The number of hydrogen-bond acceptors (Lipinski definition) is 6. The van der Waals surface area contributed by atoms with Crippen LogP contribution in [0.15, 0.2) is 51.3 Å². The summed E-state index contributed by atoms with van der Waals surface area (Å²) in [7, 11) is -3.39. The third kappa shape index (κ3) is 5.11. The molecule has 3 heterocycles. The van der Waals surface area contributed by atoms with Crippen molar-refractivity contribution in [1.82, 2.24) is 10.3 Å². The van der Waals surface area contributed by atoms with Crippen molar-refractivity contribution < 1.29 is 8.42 Å². The summed E-state index contributed by atoms with van der Waals surface area (Å²) < 4.78 is 28.1. The van der Waals surface area contributed by atoms with Gasteiger partial charge in [-0.3, -0.25) is 0 Å². The molecule has 0 amide bonds. The smallest absolute Gasteiger partial charge is 0.191 e. The number of aromatic nitrogens is 1. The fourth-order valence-corrected chi connectivity index (χ4v) is 6.15. The fraction of sp³-hybridized carbons (Fsp3) is 0.278. The molecule has 0 atom stereocenters. The van der Waals surface area contributed by atoms with E-state index in [0.717, 1.165) is 52.1 Å². The molecule has 1 aliphatic rings. The second kappa shape index (κ2) is 9.94. The van der Waals surface area contributed by atoms with Gasteiger partial charge in [-0.1, -0.05) is 28.1 Å². The Morgan fingerprint density at radius 2 is 1.82 bits per heavy atom. The summed E-state index contributed by atoms with van der Waals surface area (Å²) in [6.07, 6.45) is 1.77. The summed E-state index contributed by atoms with van der Waals surface area (Å²) in [6.45, 7) is 3.58. The summed E-state index contributed by atoms with van der Waals surface area (Å²) >= 11 is 4.70. The van der Waals surface area contributed by atoms with Gasteiger partial charge in [-0.2, -0.15) is 0 Å². The molecule has 1 N–H and O–H groups in total. The topological polar surface area (TPSA) is 62.3 Å². The maximum Gasteiger partial charge on any atom is 0.191 e. The third-order valence-corrected chi connectivity index (χ3v) is 8.27. The predicted molar refractivity (Wildman–Crippen MR) is 123 cm³/mol. The van der Waals surface area contributed by atoms with Crippen LogP contribution in [-0.4, -0.2) is 58.4 Å². The Hall–Kier alpha value is -0.593. The maximum atomic E-state index is 12.9. The van der Waals surface area contributed by atoms with Crippen LogP contribution in [-0.2, 0) is 15.6 Å². The summed E-state index contributed by atoms with van der Waals surface area (Å²) in [5, 5.41) is 4.25. The van der Waals surface area contributed by atoms with Crippen molar-refractivity contribution in [3.05, 3.63) is 52.6 Å². The van der Waals surface area contributed by atoms with E-state index in [2.05, 4.69) is 31.1 Å². The fourth-order valence-electron chi connectivity index (χ4n) is 3.08. The van der Waals surface area contributed by atoms with Gasteiger partial charge >= 0.3 is 0 Å². The van der Waals surface area contributed by atoms with Gasteiger partial charge in [0.1, 0.15) is 10.0 Å². The first-order valence-electron chi connectivity index (χ1n) is 8.34. The van der Waals surface area contributed by atoms with Crippen LogP contribution in [0, 0.1) is 0 Å². The van der Waals surface area contributed by atoms with Crippen molar-refractivity contribution in [3.8, 4) is 0 Å². The van der Waals surface area contributed by atoms with Crippen LogP contribution < -0.4 is 10.2 Å². The number of halogens is 2. The summed E-state index contributed by atoms with van der Waals surface area (Å²) in [4.78, 5) is 6.74. The van der Waals surface area contributed by atoms with E-state index in [9.17, 15) is 8.42 Å². The van der Waals surface area contributed by atoms with Crippen molar-refractivity contribution in [2.75, 3.05) is 31.1 Å². The third-order valence-electron chi connectivity index (χ3n) is 4.39. The Balaban J connectivity index is 0.00000140. The predicted octanol–water partition coefficient (Wildman–Crippen LogP) is 3.48. The minimum atomic E-state index is -3.39. The van der Waals surface area contributed by atoms with E-state index in [4.69, 9.17) is 0 Å². The molecule has 145 valence electrons. The van der Waals surface area contributed by atoms with E-state index >= 15 is 0 Å². The Morgan fingerprint density at radius 3 is 2.50 bits per heavy atom. The Labute approximate surface area is 195 Å². The molecule has 5 nitrogen and oxygen atoms in total. The van der Waals surface area contributed by atoms with Gasteiger partial charge in [0.25, 0.3) is 0 Å². The van der Waals surface area contributed by atoms with E-state index < -0.39 is 9.84 Å². The van der Waals surface area contributed by atoms with Crippen molar-refractivity contribution in [2.24, 2.45) is 0 Å². The average Bonchev–Trinajstić information content (AvgIpc) is 3.09. The Bertz CT molecular complexity index is 1040. The second-order valence-corrected chi connectivity index (χ2v) is 10.5. The molecule has 28 heavy (non-hydrogen) atoms. The van der Waals surface area contributed by atoms with Crippen LogP contribution in [0.1, 0.15) is 5.56 Å². The molecule has 0 unspecified atom stereocenters. The van der Waals surface area contributed by atoms with Crippen LogP contribution in [0.3, 0.4) is 0 Å². The number of fused-ring (bicyclic) bond motifs is 1. The molecule has 3 aromatic rings. The number of nitrogens with one attached hydrogen (secondary N) is 1. The van der Waals surface area contributed by atoms with Gasteiger partial charge in [0.15, 0.2) is 9.84 Å². The van der Waals surface area contributed by atoms with Crippen molar-refractivity contribution in [3.63, 3.8) is 0 Å². The minimum Gasteiger partial charge on any atom is -0.354 e. The molecule has 1 radical (unpaired) electrons. The van der Waals surface area contributed by atoms with Gasteiger partial charge in [-0.05, 0) is 29.8 Å². The number of piperazine rings is 1. The average molecular weight is 496 g/mol. The molecule has 4 rings (SSSR count). The standard InChI is InChI=1S/C18H18BrN3O2S2.ClH.Li/c19-14-3-1-13(2-4-14)12-26(23,24)17-11-15-16(25-17)5-6-21-18(15)22-9-7-20-8-10-22;;/h1-6,11,20H,7-10,12H2;1H;. The monoisotopic (exact) mass is 494 g/mol. The van der Waals surface area contributed by atoms with Gasteiger partial charge in [0.05, 0.1) is 5.75 Å². The van der Waals surface area contributed by atoms with Crippen LogP contribution in [0.4, 0.5) is 5.82 Å². The van der Waals surface area contributed by atoms with Crippen LogP contribution in [0.5, 0.6) is 0 Å². The zero-order chi connectivity index (χ0) is 18.1. The molecule has 2 aromatic heterocycles. The van der Waals surface area contributed by atoms with Gasteiger partial charge in [-0.25, -0.2) is 13.4 Å². The number of hydrogen-bond donors (Lipinski definition) is 1. The van der Waals surface area contributed by atoms with E-state index in [1.165, 1.54) is 11.3 Å². The molecule has 0 bridgehead atoms. The Kier molecular flexibility index (Phi) is 8.41. The molecule has 1 aromatic carbocycles. The number of thiophene rings is 1. The summed E-state index contributed by atoms with van der Waals surface area (Å²) in [5.41, 5.74) is 0.783. The molecule has 1 aliphatic heterocycles. The van der Waals surface area contributed by atoms with E-state index in [1.54, 1.807) is 12.3 Å². The molecule has 1 saturated heterocycles. The zero-order valence-corrected chi connectivity index (χ0v) is 19.4. The van der Waals surface area contributed by atoms with Gasteiger partial charge in [0.2, 0.25) is 0 Å². The minimum absolute atomic E-state index is 0. The zero-order valence-electron chi connectivity index (χ0n) is 15.4. The first-order chi connectivity index (χ1) is 12.5. The molecule has 10 heteroatoms. The first kappa shape index (κ1) is 23.7. The van der Waals surface area contributed by atoms with Gasteiger partial charge in [-0.15, -0.1) is 23.7 Å². The van der Waals surface area contributed by atoms with E-state index in [0.29, 0.717) is 4.21 Å². The molecular formula is C18H19BrClLiN3O2S2. The number of benzene rings is 1. The summed E-state index contributed by atoms with van der Waals surface area (Å²) in [5.74, 6) is 0.883. The maximum absolute atomic E-state index is 12.9. The number of nitrogens with zero attached hydrogens (tertiary/aromatic N) is 2. The van der Waals surface area contributed by atoms with E-state index in [-0.39, 0.29) is 37.0 Å². The molecular weight excluding hydrogens is 477 g/mol. The largest absolute Gasteiger partial charge is 0.354 e. The number of rotatable bonds is 4. The quantitative estimate of drug-likeness (QED) is 0.562. The summed E-state index contributed by atoms with van der Waals surface area (Å²) in [6, 6.07) is 11.1. The first-order valence-corrected chi connectivity index (χ1v) is 11.6. The number of anilines is 1. The SMILES string of the molecule is Cl.O=S(=O)(Cc1ccc(Br)cc1)c1cc2c(N3CCNCC3)nccc2s1.[Li]. The van der Waals surface area contributed by atoms with Crippen LogP contribution in [0.25, 0.3) is 10.1 Å². The van der Waals surface area contributed by atoms with E-state index in [1.807, 2.05) is 30.3 Å². The van der Waals surface area contributed by atoms with Gasteiger partial charge in [0, 0.05) is 65.8 Å². The van der Waals surface area contributed by atoms with Crippen LogP contribution in [0.2, 0.25) is 0 Å².